The van der Waals surface area contributed by atoms with Gasteiger partial charge in [-0.3, -0.25) is 24.3 Å². The highest BCUT2D eigenvalue weighted by Gasteiger charge is 2.32. The summed E-state index contributed by atoms with van der Waals surface area (Å²) in [5, 5.41) is 12.8. The van der Waals surface area contributed by atoms with E-state index in [2.05, 4.69) is 0 Å². The van der Waals surface area contributed by atoms with E-state index in [0.29, 0.717) is 42.8 Å². The van der Waals surface area contributed by atoms with E-state index in [9.17, 15) is 19.7 Å². The topological polar surface area (TPSA) is 111 Å². The number of hydrogen-bond donors (Lipinski definition) is 0. The molecule has 2 aromatic heterocycles. The fourth-order valence-electron chi connectivity index (χ4n) is 4.62. The van der Waals surface area contributed by atoms with Gasteiger partial charge in [0.1, 0.15) is 11.4 Å². The maximum atomic E-state index is 13.5. The summed E-state index contributed by atoms with van der Waals surface area (Å²) in [4.78, 5) is 41.3. The molecule has 2 aromatic carbocycles. The van der Waals surface area contributed by atoms with Crippen LogP contribution < -0.4 is 15.2 Å². The second-order valence-corrected chi connectivity index (χ2v) is 8.47. The number of fused-ring (bicyclic) bond motifs is 1. The molecule has 37 heavy (non-hydrogen) atoms. The van der Waals surface area contributed by atoms with Gasteiger partial charge < -0.3 is 19.0 Å². The van der Waals surface area contributed by atoms with E-state index in [1.807, 2.05) is 23.1 Å². The SMILES string of the molecule is C.COc1ccc(Cn2c(=O)c([N+](=O)[O-])c(N3CCN(C(=O)c4ccco4)CC3)c3ccccc32)cc1. The van der Waals surface area contributed by atoms with Crippen molar-refractivity contribution >= 4 is 28.2 Å². The average Bonchev–Trinajstić information content (AvgIpc) is 3.45. The standard InChI is InChI=1S/C26H24N4O6.CH4/c1-35-19-10-8-18(9-11-19)17-29-21-6-3-2-5-20(21)23(24(26(29)32)30(33)34)27-12-14-28(15-13-27)25(31)22-7-4-16-36-22;/h2-11,16H,12-15,17H2,1H3;1H4. The van der Waals surface area contributed by atoms with Gasteiger partial charge in [0.2, 0.25) is 0 Å². The fraction of sp³-hybridized carbons (Fsp3) is 0.259. The number of hydrogen-bond acceptors (Lipinski definition) is 7. The van der Waals surface area contributed by atoms with Gasteiger partial charge in [0.25, 0.3) is 5.91 Å². The molecule has 0 bridgehead atoms. The van der Waals surface area contributed by atoms with E-state index >= 15 is 0 Å². The number of benzene rings is 2. The summed E-state index contributed by atoms with van der Waals surface area (Å²) >= 11 is 0. The molecule has 10 heteroatoms. The predicted octanol–water partition coefficient (Wildman–Crippen LogP) is 4.16. The van der Waals surface area contributed by atoms with Gasteiger partial charge in [-0.1, -0.05) is 37.8 Å². The van der Waals surface area contributed by atoms with E-state index in [1.54, 1.807) is 54.5 Å². The minimum atomic E-state index is -0.668. The van der Waals surface area contributed by atoms with Gasteiger partial charge in [0.15, 0.2) is 5.76 Å². The number of ether oxygens (including phenoxy) is 1. The van der Waals surface area contributed by atoms with Gasteiger partial charge in [-0.25, -0.2) is 0 Å². The smallest absolute Gasteiger partial charge is 0.357 e. The monoisotopic (exact) mass is 504 g/mol. The van der Waals surface area contributed by atoms with Crippen molar-refractivity contribution in [3.8, 4) is 5.75 Å². The molecule has 192 valence electrons. The van der Waals surface area contributed by atoms with Crippen molar-refractivity contribution in [1.82, 2.24) is 9.47 Å². The molecule has 0 spiro atoms. The molecule has 0 atom stereocenters. The zero-order valence-electron chi connectivity index (χ0n) is 19.6. The molecule has 5 rings (SSSR count). The van der Waals surface area contributed by atoms with Crippen LogP contribution >= 0.6 is 0 Å². The molecule has 1 aliphatic heterocycles. The quantitative estimate of drug-likeness (QED) is 0.286. The van der Waals surface area contributed by atoms with Gasteiger partial charge in [-0.15, -0.1) is 0 Å². The van der Waals surface area contributed by atoms with Crippen molar-refractivity contribution in [3.63, 3.8) is 0 Å². The zero-order chi connectivity index (χ0) is 25.2. The van der Waals surface area contributed by atoms with Gasteiger partial charge in [0, 0.05) is 31.6 Å². The van der Waals surface area contributed by atoms with Crippen LogP contribution in [-0.2, 0) is 6.54 Å². The number of rotatable bonds is 6. The van der Waals surface area contributed by atoms with Crippen LogP contribution in [0.3, 0.4) is 0 Å². The summed E-state index contributed by atoms with van der Waals surface area (Å²) in [5.41, 5.74) is 0.575. The number of nitro groups is 1. The van der Waals surface area contributed by atoms with Crippen LogP contribution in [0.4, 0.5) is 11.4 Å². The van der Waals surface area contributed by atoms with Crippen molar-refractivity contribution < 1.29 is 18.9 Å². The molecule has 4 aromatic rings. The molecule has 10 nitrogen and oxygen atoms in total. The second-order valence-electron chi connectivity index (χ2n) is 8.47. The van der Waals surface area contributed by atoms with Crippen LogP contribution in [0.25, 0.3) is 10.9 Å². The Labute approximate surface area is 213 Å². The Balaban J connectivity index is 0.00000320. The number of nitrogens with zero attached hydrogens (tertiary/aromatic N) is 4. The highest BCUT2D eigenvalue weighted by Crippen LogP contribution is 2.34. The molecule has 0 radical (unpaired) electrons. The van der Waals surface area contributed by atoms with Gasteiger partial charge in [-0.05, 0) is 35.9 Å². The lowest BCUT2D eigenvalue weighted by Crippen LogP contribution is -2.49. The third-order valence-electron chi connectivity index (χ3n) is 6.42. The maximum absolute atomic E-state index is 13.5. The molecule has 0 aliphatic carbocycles. The Morgan fingerprint density at radius 3 is 2.35 bits per heavy atom. The summed E-state index contributed by atoms with van der Waals surface area (Å²) in [6.45, 7) is 1.56. The summed E-state index contributed by atoms with van der Waals surface area (Å²) in [5.74, 6) is 0.705. The lowest BCUT2D eigenvalue weighted by Gasteiger charge is -2.36. The van der Waals surface area contributed by atoms with Gasteiger partial charge in [-0.2, -0.15) is 0 Å². The Morgan fingerprint density at radius 1 is 1.03 bits per heavy atom. The van der Waals surface area contributed by atoms with Crippen LogP contribution in [0.2, 0.25) is 0 Å². The van der Waals surface area contributed by atoms with Crippen molar-refractivity contribution in [2.75, 3.05) is 38.2 Å². The van der Waals surface area contributed by atoms with E-state index in [-0.39, 0.29) is 31.3 Å². The van der Waals surface area contributed by atoms with E-state index in [0.717, 1.165) is 5.56 Å². The number of furan rings is 1. The maximum Gasteiger partial charge on any atom is 0.357 e. The number of carbonyl (C=O) groups excluding carboxylic acids is 1. The number of carbonyl (C=O) groups is 1. The van der Waals surface area contributed by atoms with Crippen LogP contribution in [-0.4, -0.2) is 53.6 Å². The predicted molar refractivity (Wildman–Crippen MR) is 141 cm³/mol. The molecule has 0 saturated carbocycles. The highest BCUT2D eigenvalue weighted by atomic mass is 16.6. The number of pyridine rings is 1. The molecule has 1 saturated heterocycles. The Morgan fingerprint density at radius 2 is 1.73 bits per heavy atom. The number of amides is 1. The fourth-order valence-corrected chi connectivity index (χ4v) is 4.62. The van der Waals surface area contributed by atoms with Crippen LogP contribution in [0.15, 0.2) is 76.1 Å². The summed E-state index contributed by atoms with van der Waals surface area (Å²) < 4.78 is 11.9. The molecule has 1 fully saturated rings. The molecular weight excluding hydrogens is 476 g/mol. The first kappa shape index (κ1) is 25.5. The Hall–Kier alpha value is -4.60. The van der Waals surface area contributed by atoms with E-state index in [1.165, 1.54) is 10.8 Å². The number of piperazine rings is 1. The summed E-state index contributed by atoms with van der Waals surface area (Å²) in [6, 6.07) is 17.7. The first-order valence-corrected chi connectivity index (χ1v) is 11.5. The van der Waals surface area contributed by atoms with Crippen LogP contribution in [0.5, 0.6) is 5.75 Å². The lowest BCUT2D eigenvalue weighted by molar-refractivity contribution is -0.385. The molecular formula is C27H28N4O6. The minimum absolute atomic E-state index is 0. The third kappa shape index (κ3) is 4.77. The second kappa shape index (κ2) is 10.6. The van der Waals surface area contributed by atoms with Gasteiger partial charge in [0.05, 0.1) is 30.4 Å². The lowest BCUT2D eigenvalue weighted by atomic mass is 10.1. The Bertz CT molecular complexity index is 1470. The largest absolute Gasteiger partial charge is 0.497 e. The molecule has 1 amide bonds. The number of anilines is 1. The summed E-state index contributed by atoms with van der Waals surface area (Å²) in [6.07, 6.45) is 1.44. The number of aromatic nitrogens is 1. The van der Waals surface area contributed by atoms with Crippen LogP contribution in [0, 0.1) is 10.1 Å². The van der Waals surface area contributed by atoms with E-state index in [4.69, 9.17) is 9.15 Å². The summed E-state index contributed by atoms with van der Waals surface area (Å²) in [7, 11) is 1.57. The minimum Gasteiger partial charge on any atom is -0.497 e. The highest BCUT2D eigenvalue weighted by molar-refractivity contribution is 5.97. The van der Waals surface area contributed by atoms with Crippen molar-refractivity contribution in [2.45, 2.75) is 14.0 Å². The molecule has 3 heterocycles. The zero-order valence-corrected chi connectivity index (χ0v) is 19.6. The normalized spacial score (nSPS) is 13.3. The number of para-hydroxylation sites is 1. The molecule has 1 aliphatic rings. The molecule has 0 unspecified atom stereocenters. The average molecular weight is 505 g/mol. The van der Waals surface area contributed by atoms with Gasteiger partial charge >= 0.3 is 11.2 Å². The third-order valence-corrected chi connectivity index (χ3v) is 6.42. The first-order valence-electron chi connectivity index (χ1n) is 11.5. The Kier molecular flexibility index (Phi) is 7.28. The van der Waals surface area contributed by atoms with Crippen LogP contribution in [0.1, 0.15) is 23.5 Å². The first-order chi connectivity index (χ1) is 17.5. The van der Waals surface area contributed by atoms with Crippen molar-refractivity contribution in [1.29, 1.82) is 0 Å². The molecule has 0 N–H and O–H groups in total. The number of methoxy groups -OCH3 is 1. The van der Waals surface area contributed by atoms with E-state index < -0.39 is 16.2 Å². The van der Waals surface area contributed by atoms with Crippen molar-refractivity contribution in [2.24, 2.45) is 0 Å². The van der Waals surface area contributed by atoms with Crippen molar-refractivity contribution in [3.05, 3.63) is 98.7 Å².